The number of hydrogen-bond donors (Lipinski definition) is 1. The summed E-state index contributed by atoms with van der Waals surface area (Å²) >= 11 is 6.27. The van der Waals surface area contributed by atoms with Gasteiger partial charge in [0, 0.05) is 18.7 Å². The van der Waals surface area contributed by atoms with Gasteiger partial charge in [-0.15, -0.1) is 0 Å². The van der Waals surface area contributed by atoms with Crippen LogP contribution >= 0.6 is 11.6 Å². The highest BCUT2D eigenvalue weighted by Crippen LogP contribution is 2.31. The molecular weight excluding hydrogens is 222 g/mol. The maximum atomic E-state index is 6.27. The van der Waals surface area contributed by atoms with Crippen molar-refractivity contribution < 1.29 is 0 Å². The summed E-state index contributed by atoms with van der Waals surface area (Å²) in [7, 11) is 1.81. The summed E-state index contributed by atoms with van der Waals surface area (Å²) in [6.07, 6.45) is 0. The van der Waals surface area contributed by atoms with Gasteiger partial charge in [0.1, 0.15) is 5.82 Å². The van der Waals surface area contributed by atoms with Gasteiger partial charge in [-0.2, -0.15) is 5.10 Å². The van der Waals surface area contributed by atoms with Gasteiger partial charge in [-0.05, 0) is 25.5 Å². The van der Waals surface area contributed by atoms with Crippen LogP contribution in [0.4, 0.5) is 5.82 Å². The van der Waals surface area contributed by atoms with E-state index in [9.17, 15) is 0 Å². The van der Waals surface area contributed by atoms with Crippen LogP contribution in [0.1, 0.15) is 11.1 Å². The second-order valence-corrected chi connectivity index (χ2v) is 4.40. The molecule has 1 aromatic carbocycles. The Morgan fingerprint density at radius 3 is 2.50 bits per heavy atom. The molecule has 2 rings (SSSR count). The van der Waals surface area contributed by atoms with Gasteiger partial charge in [0.05, 0.1) is 10.7 Å². The summed E-state index contributed by atoms with van der Waals surface area (Å²) in [5, 5.41) is 5.07. The fourth-order valence-corrected chi connectivity index (χ4v) is 1.96. The third-order valence-corrected chi connectivity index (χ3v) is 3.09. The number of halogens is 1. The Balaban J connectivity index is 2.63. The minimum atomic E-state index is 0.630. The standard InChI is InChI=1S/C12H14ClN3/c1-7-4-8(2)12(13)9(5-7)10-6-11(14)16(3)15-10/h4-6H,14H2,1-3H3. The normalized spacial score (nSPS) is 10.8. The molecule has 0 unspecified atom stereocenters. The number of anilines is 1. The molecular formula is C12H14ClN3. The minimum absolute atomic E-state index is 0.630. The van der Waals surface area contributed by atoms with Crippen LogP contribution in [0.3, 0.4) is 0 Å². The van der Waals surface area contributed by atoms with Crippen LogP contribution in [0.15, 0.2) is 18.2 Å². The molecule has 0 radical (unpaired) electrons. The molecule has 0 aliphatic rings. The lowest BCUT2D eigenvalue weighted by Gasteiger charge is -2.06. The SMILES string of the molecule is Cc1cc(C)c(Cl)c(-c2cc(N)n(C)n2)c1. The highest BCUT2D eigenvalue weighted by atomic mass is 35.5. The van der Waals surface area contributed by atoms with Crippen LogP contribution in [0.2, 0.25) is 5.02 Å². The van der Waals surface area contributed by atoms with Gasteiger partial charge in [0.25, 0.3) is 0 Å². The molecule has 1 heterocycles. The third kappa shape index (κ3) is 1.78. The van der Waals surface area contributed by atoms with E-state index < -0.39 is 0 Å². The Labute approximate surface area is 99.8 Å². The first-order chi connectivity index (χ1) is 7.49. The van der Waals surface area contributed by atoms with Crippen molar-refractivity contribution in [2.45, 2.75) is 13.8 Å². The van der Waals surface area contributed by atoms with Crippen LogP contribution in [0, 0.1) is 13.8 Å². The first-order valence-corrected chi connectivity index (χ1v) is 5.43. The fraction of sp³-hybridized carbons (Fsp3) is 0.250. The molecule has 84 valence electrons. The summed E-state index contributed by atoms with van der Waals surface area (Å²) in [5.41, 5.74) is 9.74. The highest BCUT2D eigenvalue weighted by Gasteiger charge is 2.11. The van der Waals surface area contributed by atoms with Crippen molar-refractivity contribution >= 4 is 17.4 Å². The molecule has 3 nitrogen and oxygen atoms in total. The van der Waals surface area contributed by atoms with Gasteiger partial charge in [-0.3, -0.25) is 4.68 Å². The Morgan fingerprint density at radius 1 is 1.25 bits per heavy atom. The molecule has 0 spiro atoms. The molecule has 0 fully saturated rings. The van der Waals surface area contributed by atoms with Crippen molar-refractivity contribution in [2.75, 3.05) is 5.73 Å². The number of benzene rings is 1. The predicted molar refractivity (Wildman–Crippen MR) is 67.5 cm³/mol. The van der Waals surface area contributed by atoms with Gasteiger partial charge in [0.15, 0.2) is 0 Å². The number of aryl methyl sites for hydroxylation is 3. The van der Waals surface area contributed by atoms with E-state index in [0.717, 1.165) is 21.8 Å². The average molecular weight is 236 g/mol. The Hall–Kier alpha value is -1.48. The first-order valence-electron chi connectivity index (χ1n) is 5.05. The van der Waals surface area contributed by atoms with Crippen molar-refractivity contribution in [3.63, 3.8) is 0 Å². The molecule has 0 aliphatic heterocycles. The number of nitrogen functional groups attached to an aromatic ring is 1. The lowest BCUT2D eigenvalue weighted by molar-refractivity contribution is 0.782. The highest BCUT2D eigenvalue weighted by molar-refractivity contribution is 6.34. The minimum Gasteiger partial charge on any atom is -0.384 e. The van der Waals surface area contributed by atoms with E-state index in [2.05, 4.69) is 11.2 Å². The molecule has 0 amide bonds. The molecule has 0 aliphatic carbocycles. The smallest absolute Gasteiger partial charge is 0.121 e. The van der Waals surface area contributed by atoms with Gasteiger partial charge >= 0.3 is 0 Å². The second-order valence-electron chi connectivity index (χ2n) is 4.02. The maximum absolute atomic E-state index is 6.27. The summed E-state index contributed by atoms with van der Waals surface area (Å²) in [4.78, 5) is 0. The lowest BCUT2D eigenvalue weighted by Crippen LogP contribution is -1.96. The molecule has 2 aromatic rings. The predicted octanol–water partition coefficient (Wildman–Crippen LogP) is 2.94. The van der Waals surface area contributed by atoms with E-state index in [1.165, 1.54) is 5.56 Å². The number of rotatable bonds is 1. The van der Waals surface area contributed by atoms with Crippen LogP contribution < -0.4 is 5.73 Å². The quantitative estimate of drug-likeness (QED) is 0.826. The van der Waals surface area contributed by atoms with Gasteiger partial charge in [-0.1, -0.05) is 23.2 Å². The molecule has 2 N–H and O–H groups in total. The molecule has 0 saturated heterocycles. The fourth-order valence-electron chi connectivity index (χ4n) is 1.75. The first kappa shape index (κ1) is 11.0. The van der Waals surface area contributed by atoms with Crippen LogP contribution in [0.5, 0.6) is 0 Å². The van der Waals surface area contributed by atoms with E-state index in [-0.39, 0.29) is 0 Å². The Kier molecular flexibility index (Phi) is 2.64. The van der Waals surface area contributed by atoms with E-state index in [1.54, 1.807) is 4.68 Å². The molecule has 16 heavy (non-hydrogen) atoms. The third-order valence-electron chi connectivity index (χ3n) is 2.59. The zero-order valence-electron chi connectivity index (χ0n) is 9.58. The number of hydrogen-bond acceptors (Lipinski definition) is 2. The Bertz CT molecular complexity index is 524. The van der Waals surface area contributed by atoms with Crippen molar-refractivity contribution in [1.82, 2.24) is 9.78 Å². The zero-order valence-corrected chi connectivity index (χ0v) is 10.3. The van der Waals surface area contributed by atoms with E-state index in [0.29, 0.717) is 5.82 Å². The van der Waals surface area contributed by atoms with Crippen LogP contribution in [-0.4, -0.2) is 9.78 Å². The molecule has 0 bridgehead atoms. The Morgan fingerprint density at radius 2 is 1.94 bits per heavy atom. The molecule has 4 heteroatoms. The summed E-state index contributed by atoms with van der Waals surface area (Å²) in [6.45, 7) is 4.03. The lowest BCUT2D eigenvalue weighted by atomic mass is 10.0. The van der Waals surface area contributed by atoms with Crippen LogP contribution in [-0.2, 0) is 7.05 Å². The number of nitrogens with two attached hydrogens (primary N) is 1. The average Bonchev–Trinajstić information content (AvgIpc) is 2.53. The second kappa shape index (κ2) is 3.83. The zero-order chi connectivity index (χ0) is 11.9. The van der Waals surface area contributed by atoms with Crippen LogP contribution in [0.25, 0.3) is 11.3 Å². The maximum Gasteiger partial charge on any atom is 0.121 e. The van der Waals surface area contributed by atoms with Gasteiger partial charge in [-0.25, -0.2) is 0 Å². The molecule has 1 aromatic heterocycles. The van der Waals surface area contributed by atoms with Crippen molar-refractivity contribution in [2.24, 2.45) is 7.05 Å². The summed E-state index contributed by atoms with van der Waals surface area (Å²) in [5.74, 6) is 0.630. The number of aromatic nitrogens is 2. The van der Waals surface area contributed by atoms with E-state index >= 15 is 0 Å². The van der Waals surface area contributed by atoms with Gasteiger partial charge in [0.2, 0.25) is 0 Å². The number of nitrogens with zero attached hydrogens (tertiary/aromatic N) is 2. The molecule has 0 atom stereocenters. The van der Waals surface area contributed by atoms with Gasteiger partial charge < -0.3 is 5.73 Å². The largest absolute Gasteiger partial charge is 0.384 e. The molecule has 0 saturated carbocycles. The van der Waals surface area contributed by atoms with E-state index in [4.69, 9.17) is 17.3 Å². The van der Waals surface area contributed by atoms with E-state index in [1.807, 2.05) is 33.0 Å². The monoisotopic (exact) mass is 235 g/mol. The van der Waals surface area contributed by atoms with Crippen molar-refractivity contribution in [3.8, 4) is 11.3 Å². The summed E-state index contributed by atoms with van der Waals surface area (Å²) in [6, 6.07) is 5.91. The van der Waals surface area contributed by atoms with Crippen molar-refractivity contribution in [1.29, 1.82) is 0 Å². The topological polar surface area (TPSA) is 43.8 Å². The van der Waals surface area contributed by atoms with Crippen molar-refractivity contribution in [3.05, 3.63) is 34.3 Å². The summed E-state index contributed by atoms with van der Waals surface area (Å²) < 4.78 is 1.64.